The van der Waals surface area contributed by atoms with Crippen molar-refractivity contribution >= 4 is 11.8 Å². The van der Waals surface area contributed by atoms with Gasteiger partial charge in [0.15, 0.2) is 0 Å². The predicted molar refractivity (Wildman–Crippen MR) is 85.2 cm³/mol. The lowest BCUT2D eigenvalue weighted by Gasteiger charge is -2.37. The third kappa shape index (κ3) is 4.30. The van der Waals surface area contributed by atoms with E-state index in [0.29, 0.717) is 31.7 Å². The van der Waals surface area contributed by atoms with Crippen LogP contribution in [0.15, 0.2) is 24.3 Å². The third-order valence-electron chi connectivity index (χ3n) is 3.98. The van der Waals surface area contributed by atoms with E-state index in [0.717, 1.165) is 0 Å². The molecule has 1 aliphatic rings. The number of carbonyl (C=O) groups is 2. The average Bonchev–Trinajstić information content (AvgIpc) is 2.59. The zero-order chi connectivity index (χ0) is 16.8. The normalized spacial score (nSPS) is 16.5. The van der Waals surface area contributed by atoms with Crippen LogP contribution in [0.5, 0.6) is 0 Å². The molecule has 1 atom stereocenters. The number of hydrogen-bond donors (Lipinski definition) is 1. The molecule has 2 rings (SSSR count). The minimum Gasteiger partial charge on any atom is -0.344 e. The first-order chi connectivity index (χ1) is 11.0. The number of terminal acetylenes is 1. The van der Waals surface area contributed by atoms with Crippen LogP contribution in [-0.4, -0.2) is 60.4 Å². The lowest BCUT2D eigenvalue weighted by atomic mass is 10.1. The number of piperazine rings is 1. The lowest BCUT2D eigenvalue weighted by molar-refractivity contribution is -0.126. The number of halogens is 1. The molecule has 23 heavy (non-hydrogen) atoms. The van der Waals surface area contributed by atoms with Crippen molar-refractivity contribution in [1.82, 2.24) is 15.1 Å². The molecule has 1 unspecified atom stereocenters. The summed E-state index contributed by atoms with van der Waals surface area (Å²) < 4.78 is 12.9. The van der Waals surface area contributed by atoms with Gasteiger partial charge in [0, 0.05) is 31.7 Å². The molecule has 122 valence electrons. The van der Waals surface area contributed by atoms with Crippen LogP contribution < -0.4 is 5.32 Å². The van der Waals surface area contributed by atoms with Crippen molar-refractivity contribution in [2.75, 3.05) is 32.7 Å². The Balaban J connectivity index is 1.88. The van der Waals surface area contributed by atoms with Gasteiger partial charge in [0.25, 0.3) is 5.91 Å². The molecule has 1 saturated heterocycles. The number of nitrogens with one attached hydrogen (secondary N) is 1. The molecule has 0 saturated carbocycles. The summed E-state index contributed by atoms with van der Waals surface area (Å²) in [6, 6.07) is 5.24. The molecule has 1 heterocycles. The zero-order valence-corrected chi connectivity index (χ0v) is 13.1. The van der Waals surface area contributed by atoms with Gasteiger partial charge in [-0.25, -0.2) is 4.39 Å². The number of rotatable bonds is 4. The van der Waals surface area contributed by atoms with E-state index in [1.165, 1.54) is 24.3 Å². The van der Waals surface area contributed by atoms with E-state index < -0.39 is 0 Å². The van der Waals surface area contributed by atoms with Gasteiger partial charge in [-0.05, 0) is 31.2 Å². The molecule has 0 bridgehead atoms. The molecule has 0 radical (unpaired) electrons. The number of amides is 2. The van der Waals surface area contributed by atoms with Gasteiger partial charge in [-0.3, -0.25) is 14.5 Å². The van der Waals surface area contributed by atoms with E-state index in [1.807, 2.05) is 11.8 Å². The topological polar surface area (TPSA) is 52.7 Å². The summed E-state index contributed by atoms with van der Waals surface area (Å²) in [5, 5.41) is 2.66. The maximum Gasteiger partial charge on any atom is 0.253 e. The average molecular weight is 317 g/mol. The van der Waals surface area contributed by atoms with Crippen molar-refractivity contribution in [2.45, 2.75) is 13.0 Å². The standard InChI is InChI=1S/C17H20FN3O2/c1-3-8-19-16(22)13(2)20-9-11-21(12-10-20)17(23)14-4-6-15(18)7-5-14/h1,4-7,13H,8-12H2,2H3,(H,19,22). The highest BCUT2D eigenvalue weighted by atomic mass is 19.1. The van der Waals surface area contributed by atoms with Crippen molar-refractivity contribution in [3.05, 3.63) is 35.6 Å². The first-order valence-corrected chi connectivity index (χ1v) is 7.53. The smallest absolute Gasteiger partial charge is 0.253 e. The predicted octanol–water partition coefficient (Wildman–Crippen LogP) is 0.721. The molecular weight excluding hydrogens is 297 g/mol. The summed E-state index contributed by atoms with van der Waals surface area (Å²) in [6.45, 7) is 4.32. The maximum absolute atomic E-state index is 12.9. The highest BCUT2D eigenvalue weighted by Crippen LogP contribution is 2.11. The van der Waals surface area contributed by atoms with Crippen molar-refractivity contribution < 1.29 is 14.0 Å². The summed E-state index contributed by atoms with van der Waals surface area (Å²) in [5.74, 6) is 1.78. The van der Waals surface area contributed by atoms with Gasteiger partial charge in [-0.1, -0.05) is 5.92 Å². The maximum atomic E-state index is 12.9. The Kier molecular flexibility index (Phi) is 5.72. The molecule has 1 aliphatic heterocycles. The monoisotopic (exact) mass is 317 g/mol. The second-order valence-electron chi connectivity index (χ2n) is 5.43. The summed E-state index contributed by atoms with van der Waals surface area (Å²) in [4.78, 5) is 28.0. The van der Waals surface area contributed by atoms with Gasteiger partial charge in [0.05, 0.1) is 12.6 Å². The SMILES string of the molecule is C#CCNC(=O)C(C)N1CCN(C(=O)c2ccc(F)cc2)CC1. The van der Waals surface area contributed by atoms with Crippen molar-refractivity contribution in [3.8, 4) is 12.3 Å². The largest absolute Gasteiger partial charge is 0.344 e. The van der Waals surface area contributed by atoms with Crippen molar-refractivity contribution in [3.63, 3.8) is 0 Å². The Bertz CT molecular complexity index is 601. The molecular formula is C17H20FN3O2. The van der Waals surface area contributed by atoms with Gasteiger partial charge in [0.1, 0.15) is 5.82 Å². The summed E-state index contributed by atoms with van der Waals surface area (Å²) >= 11 is 0. The molecule has 1 aromatic carbocycles. The first-order valence-electron chi connectivity index (χ1n) is 7.53. The Morgan fingerprint density at radius 3 is 2.43 bits per heavy atom. The van der Waals surface area contributed by atoms with E-state index >= 15 is 0 Å². The van der Waals surface area contributed by atoms with Crippen LogP contribution >= 0.6 is 0 Å². The second-order valence-corrected chi connectivity index (χ2v) is 5.43. The quantitative estimate of drug-likeness (QED) is 0.833. The van der Waals surface area contributed by atoms with Crippen LogP contribution in [0.3, 0.4) is 0 Å². The zero-order valence-electron chi connectivity index (χ0n) is 13.1. The van der Waals surface area contributed by atoms with Gasteiger partial charge >= 0.3 is 0 Å². The van der Waals surface area contributed by atoms with Gasteiger partial charge in [0.2, 0.25) is 5.91 Å². The van der Waals surface area contributed by atoms with Crippen molar-refractivity contribution in [2.24, 2.45) is 0 Å². The van der Waals surface area contributed by atoms with Gasteiger partial charge in [-0.2, -0.15) is 0 Å². The Hall–Kier alpha value is -2.39. The second kappa shape index (κ2) is 7.75. The van der Waals surface area contributed by atoms with Crippen molar-refractivity contribution in [1.29, 1.82) is 0 Å². The van der Waals surface area contributed by atoms with Crippen LogP contribution in [0.25, 0.3) is 0 Å². The Labute approximate surface area is 135 Å². The summed E-state index contributed by atoms with van der Waals surface area (Å²) in [7, 11) is 0. The molecule has 0 aromatic heterocycles. The Morgan fingerprint density at radius 1 is 1.26 bits per heavy atom. The Morgan fingerprint density at radius 2 is 1.87 bits per heavy atom. The number of carbonyl (C=O) groups excluding carboxylic acids is 2. The number of nitrogens with zero attached hydrogens (tertiary/aromatic N) is 2. The van der Waals surface area contributed by atoms with E-state index in [-0.39, 0.29) is 30.2 Å². The molecule has 0 aliphatic carbocycles. The van der Waals surface area contributed by atoms with E-state index in [2.05, 4.69) is 11.2 Å². The van der Waals surface area contributed by atoms with Gasteiger partial charge in [-0.15, -0.1) is 6.42 Å². The highest BCUT2D eigenvalue weighted by molar-refractivity contribution is 5.94. The van der Waals surface area contributed by atoms with E-state index in [9.17, 15) is 14.0 Å². The molecule has 0 spiro atoms. The number of benzene rings is 1. The van der Waals surface area contributed by atoms with E-state index in [1.54, 1.807) is 4.90 Å². The van der Waals surface area contributed by atoms with Gasteiger partial charge < -0.3 is 10.2 Å². The van der Waals surface area contributed by atoms with Crippen LogP contribution in [0.4, 0.5) is 4.39 Å². The third-order valence-corrected chi connectivity index (χ3v) is 3.98. The number of hydrogen-bond acceptors (Lipinski definition) is 3. The fourth-order valence-corrected chi connectivity index (χ4v) is 2.54. The minimum absolute atomic E-state index is 0.110. The lowest BCUT2D eigenvalue weighted by Crippen LogP contribution is -2.55. The molecule has 1 aromatic rings. The summed E-state index contributed by atoms with van der Waals surface area (Å²) in [6.07, 6.45) is 5.13. The first kappa shape index (κ1) is 17.0. The molecule has 1 fully saturated rings. The molecule has 5 nitrogen and oxygen atoms in total. The van der Waals surface area contributed by atoms with Crippen LogP contribution in [0.1, 0.15) is 17.3 Å². The highest BCUT2D eigenvalue weighted by Gasteiger charge is 2.27. The fraction of sp³-hybridized carbons (Fsp3) is 0.412. The van der Waals surface area contributed by atoms with E-state index in [4.69, 9.17) is 6.42 Å². The van der Waals surface area contributed by atoms with Crippen LogP contribution in [0.2, 0.25) is 0 Å². The molecule has 6 heteroatoms. The van der Waals surface area contributed by atoms with Crippen LogP contribution in [-0.2, 0) is 4.79 Å². The summed E-state index contributed by atoms with van der Waals surface area (Å²) in [5.41, 5.74) is 0.472. The molecule has 2 amide bonds. The minimum atomic E-state index is -0.363. The molecule has 1 N–H and O–H groups in total. The fourth-order valence-electron chi connectivity index (χ4n) is 2.54. The van der Waals surface area contributed by atoms with Crippen LogP contribution in [0, 0.1) is 18.2 Å².